The van der Waals surface area contributed by atoms with E-state index in [4.69, 9.17) is 33.2 Å². The molecule has 1 aromatic rings. The largest absolute Gasteiger partial charge is 0.493 e. The topological polar surface area (TPSA) is 87.6 Å². The van der Waals surface area contributed by atoms with Gasteiger partial charge < -0.3 is 20.9 Å². The van der Waals surface area contributed by atoms with Gasteiger partial charge in [0.2, 0.25) is 0 Å². The van der Waals surface area contributed by atoms with Crippen LogP contribution < -0.4 is 20.9 Å². The van der Waals surface area contributed by atoms with Crippen LogP contribution in [0.15, 0.2) is 18.2 Å². The maximum Gasteiger partial charge on any atom is 0.258 e. The minimum atomic E-state index is -0.737. The second kappa shape index (κ2) is 5.49. The molecule has 17 heavy (non-hydrogen) atoms. The van der Waals surface area contributed by atoms with E-state index in [-0.39, 0.29) is 4.99 Å². The van der Waals surface area contributed by atoms with Crippen molar-refractivity contribution in [2.24, 2.45) is 11.5 Å². The van der Waals surface area contributed by atoms with Gasteiger partial charge in [-0.25, -0.2) is 0 Å². The second-order valence-corrected chi connectivity index (χ2v) is 3.83. The van der Waals surface area contributed by atoms with Gasteiger partial charge in [0, 0.05) is 5.56 Å². The van der Waals surface area contributed by atoms with Gasteiger partial charge in [-0.1, -0.05) is 12.2 Å². The number of carbonyl (C=O) groups excluding carboxylic acids is 1. The minimum Gasteiger partial charge on any atom is -0.493 e. The maximum absolute atomic E-state index is 10.9. The Balaban J connectivity index is 3.00. The fourth-order valence-electron chi connectivity index (χ4n) is 1.17. The number of hydrogen-bond acceptors (Lipinski definition) is 4. The van der Waals surface area contributed by atoms with Crippen LogP contribution in [-0.2, 0) is 4.79 Å². The van der Waals surface area contributed by atoms with Gasteiger partial charge >= 0.3 is 0 Å². The number of methoxy groups -OCH3 is 1. The van der Waals surface area contributed by atoms with Crippen molar-refractivity contribution >= 4 is 23.1 Å². The van der Waals surface area contributed by atoms with Crippen molar-refractivity contribution in [2.45, 2.75) is 13.0 Å². The Morgan fingerprint density at radius 1 is 1.35 bits per heavy atom. The number of amides is 1. The highest BCUT2D eigenvalue weighted by atomic mass is 32.1. The van der Waals surface area contributed by atoms with Crippen LogP contribution in [0.25, 0.3) is 0 Å². The molecule has 0 aromatic heterocycles. The zero-order chi connectivity index (χ0) is 13.0. The molecular weight excluding hydrogens is 240 g/mol. The van der Waals surface area contributed by atoms with E-state index in [1.165, 1.54) is 7.11 Å². The molecule has 0 aliphatic rings. The Bertz CT molecular complexity index is 448. The normalized spacial score (nSPS) is 11.6. The van der Waals surface area contributed by atoms with Crippen molar-refractivity contribution in [1.29, 1.82) is 0 Å². The minimum absolute atomic E-state index is 0.262. The zero-order valence-corrected chi connectivity index (χ0v) is 10.4. The van der Waals surface area contributed by atoms with Gasteiger partial charge in [-0.05, 0) is 25.1 Å². The van der Waals surface area contributed by atoms with Crippen molar-refractivity contribution < 1.29 is 14.3 Å². The van der Waals surface area contributed by atoms with Crippen LogP contribution in [0.2, 0.25) is 0 Å². The molecule has 1 rings (SSSR count). The lowest BCUT2D eigenvalue weighted by Crippen LogP contribution is -2.30. The highest BCUT2D eigenvalue weighted by Gasteiger charge is 2.14. The van der Waals surface area contributed by atoms with E-state index >= 15 is 0 Å². The Morgan fingerprint density at radius 2 is 2.00 bits per heavy atom. The Labute approximate surface area is 105 Å². The van der Waals surface area contributed by atoms with Crippen LogP contribution in [0.4, 0.5) is 0 Å². The molecule has 0 spiro atoms. The predicted molar refractivity (Wildman–Crippen MR) is 68.2 cm³/mol. The summed E-state index contributed by atoms with van der Waals surface area (Å²) in [5.74, 6) is 0.313. The average molecular weight is 254 g/mol. The van der Waals surface area contributed by atoms with E-state index in [1.54, 1.807) is 25.1 Å². The molecule has 1 unspecified atom stereocenters. The number of benzene rings is 1. The molecule has 0 aliphatic heterocycles. The summed E-state index contributed by atoms with van der Waals surface area (Å²) in [6.45, 7) is 1.56. The summed E-state index contributed by atoms with van der Waals surface area (Å²) in [5.41, 5.74) is 11.3. The SMILES string of the molecule is COc1cc(C(N)=S)ccc1OC(C)C(N)=O. The first-order chi connectivity index (χ1) is 7.95. The third-order valence-corrected chi connectivity index (χ3v) is 2.39. The van der Waals surface area contributed by atoms with Gasteiger partial charge in [-0.3, -0.25) is 4.79 Å². The monoisotopic (exact) mass is 254 g/mol. The molecule has 92 valence electrons. The van der Waals surface area contributed by atoms with Crippen LogP contribution in [0.3, 0.4) is 0 Å². The Kier molecular flexibility index (Phi) is 4.28. The third-order valence-electron chi connectivity index (χ3n) is 2.15. The van der Waals surface area contributed by atoms with Crippen LogP contribution in [0, 0.1) is 0 Å². The van der Waals surface area contributed by atoms with Crippen LogP contribution in [-0.4, -0.2) is 24.1 Å². The first-order valence-electron chi connectivity index (χ1n) is 4.89. The number of nitrogens with two attached hydrogens (primary N) is 2. The summed E-state index contributed by atoms with van der Waals surface area (Å²) in [5, 5.41) is 0. The number of rotatable bonds is 5. The van der Waals surface area contributed by atoms with Crippen LogP contribution in [0.1, 0.15) is 12.5 Å². The fourth-order valence-corrected chi connectivity index (χ4v) is 1.29. The highest BCUT2D eigenvalue weighted by Crippen LogP contribution is 2.28. The molecule has 0 fully saturated rings. The Morgan fingerprint density at radius 3 is 2.47 bits per heavy atom. The number of hydrogen-bond donors (Lipinski definition) is 2. The van der Waals surface area contributed by atoms with Crippen molar-refractivity contribution in [2.75, 3.05) is 7.11 Å². The molecule has 4 N–H and O–H groups in total. The molecular formula is C11H14N2O3S. The van der Waals surface area contributed by atoms with Crippen molar-refractivity contribution in [3.05, 3.63) is 23.8 Å². The molecule has 0 saturated carbocycles. The van der Waals surface area contributed by atoms with E-state index < -0.39 is 12.0 Å². The summed E-state index contributed by atoms with van der Waals surface area (Å²) in [6.07, 6.45) is -0.737. The molecule has 0 radical (unpaired) electrons. The van der Waals surface area contributed by atoms with E-state index in [0.29, 0.717) is 17.1 Å². The van der Waals surface area contributed by atoms with Gasteiger partial charge in [-0.2, -0.15) is 0 Å². The molecule has 1 atom stereocenters. The molecule has 1 aromatic carbocycles. The number of carbonyl (C=O) groups is 1. The second-order valence-electron chi connectivity index (χ2n) is 3.39. The zero-order valence-electron chi connectivity index (χ0n) is 9.60. The summed E-state index contributed by atoms with van der Waals surface area (Å²) in [7, 11) is 1.49. The van der Waals surface area contributed by atoms with Crippen molar-refractivity contribution in [3.63, 3.8) is 0 Å². The van der Waals surface area contributed by atoms with Gasteiger partial charge in [0.15, 0.2) is 17.6 Å². The summed E-state index contributed by atoms with van der Waals surface area (Å²) < 4.78 is 10.5. The smallest absolute Gasteiger partial charge is 0.258 e. The van der Waals surface area contributed by atoms with Crippen molar-refractivity contribution in [3.8, 4) is 11.5 Å². The van der Waals surface area contributed by atoms with Gasteiger partial charge in [0.1, 0.15) is 4.99 Å². The molecule has 0 heterocycles. The molecule has 0 saturated heterocycles. The average Bonchev–Trinajstić information content (AvgIpc) is 2.28. The Hall–Kier alpha value is -1.82. The van der Waals surface area contributed by atoms with E-state index in [9.17, 15) is 4.79 Å². The van der Waals surface area contributed by atoms with E-state index in [2.05, 4.69) is 0 Å². The first kappa shape index (κ1) is 13.2. The van der Waals surface area contributed by atoms with Crippen molar-refractivity contribution in [1.82, 2.24) is 0 Å². The van der Waals surface area contributed by atoms with Crippen LogP contribution in [0.5, 0.6) is 11.5 Å². The lowest BCUT2D eigenvalue weighted by molar-refractivity contribution is -0.124. The summed E-state index contributed by atoms with van der Waals surface area (Å²) in [6, 6.07) is 4.96. The number of ether oxygens (including phenoxy) is 2. The van der Waals surface area contributed by atoms with E-state index in [1.807, 2.05) is 0 Å². The highest BCUT2D eigenvalue weighted by molar-refractivity contribution is 7.80. The summed E-state index contributed by atoms with van der Waals surface area (Å²) in [4.78, 5) is 11.2. The predicted octanol–water partition coefficient (Wildman–Crippen LogP) is 0.582. The third kappa shape index (κ3) is 3.32. The molecule has 0 aliphatic carbocycles. The van der Waals surface area contributed by atoms with Gasteiger partial charge in [0.05, 0.1) is 7.11 Å². The molecule has 1 amide bonds. The van der Waals surface area contributed by atoms with Crippen LogP contribution >= 0.6 is 12.2 Å². The van der Waals surface area contributed by atoms with Gasteiger partial charge in [-0.15, -0.1) is 0 Å². The summed E-state index contributed by atoms with van der Waals surface area (Å²) >= 11 is 4.85. The molecule has 6 heteroatoms. The first-order valence-corrected chi connectivity index (χ1v) is 5.30. The van der Waals surface area contributed by atoms with Gasteiger partial charge in [0.25, 0.3) is 5.91 Å². The molecule has 0 bridgehead atoms. The number of thiocarbonyl (C=S) groups is 1. The quantitative estimate of drug-likeness (QED) is 0.750. The lowest BCUT2D eigenvalue weighted by Gasteiger charge is -2.15. The number of primary amides is 1. The fraction of sp³-hybridized carbons (Fsp3) is 0.273. The molecule has 5 nitrogen and oxygen atoms in total. The maximum atomic E-state index is 10.9. The lowest BCUT2D eigenvalue weighted by atomic mass is 10.2. The van der Waals surface area contributed by atoms with E-state index in [0.717, 1.165) is 0 Å². The standard InChI is InChI=1S/C11H14N2O3S/c1-6(10(12)14)16-8-4-3-7(11(13)17)5-9(8)15-2/h3-6H,1-2H3,(H2,12,14)(H2,13,17).